The van der Waals surface area contributed by atoms with Gasteiger partial charge in [0.1, 0.15) is 11.5 Å². The zero-order chi connectivity index (χ0) is 27.6. The molecule has 0 saturated heterocycles. The number of carbonyl (C=O) groups excluding carboxylic acids is 3. The van der Waals surface area contributed by atoms with Crippen molar-refractivity contribution in [1.82, 2.24) is 5.32 Å². The monoisotopic (exact) mass is 541 g/mol. The number of hydrogen-bond donors (Lipinski definition) is 4. The summed E-state index contributed by atoms with van der Waals surface area (Å²) in [5.41, 5.74) is 1.54. The summed E-state index contributed by atoms with van der Waals surface area (Å²) in [5, 5.41) is 17.1. The van der Waals surface area contributed by atoms with E-state index in [2.05, 4.69) is 16.0 Å². The van der Waals surface area contributed by atoms with Gasteiger partial charge >= 0.3 is 5.97 Å². The number of carboxylic acids is 1. The smallest absolute Gasteiger partial charge is 0.335 e. The highest BCUT2D eigenvalue weighted by atomic mass is 32.2. The number of benzene rings is 3. The molecule has 0 spiro atoms. The predicted octanol–water partition coefficient (Wildman–Crippen LogP) is 5.12. The average molecular weight is 542 g/mol. The van der Waals surface area contributed by atoms with Gasteiger partial charge in [-0.25, -0.2) is 4.79 Å². The van der Waals surface area contributed by atoms with Crippen molar-refractivity contribution in [2.24, 2.45) is 0 Å². The highest BCUT2D eigenvalue weighted by molar-refractivity contribution is 8.00. The van der Waals surface area contributed by atoms with E-state index in [0.29, 0.717) is 22.7 Å². The molecule has 10 heteroatoms. The Balaban J connectivity index is 1.34. The van der Waals surface area contributed by atoms with Crippen molar-refractivity contribution in [3.05, 3.63) is 120 Å². The lowest BCUT2D eigenvalue weighted by Gasteiger charge is -2.11. The highest BCUT2D eigenvalue weighted by Crippen LogP contribution is 2.21. The second-order valence-corrected chi connectivity index (χ2v) is 9.14. The van der Waals surface area contributed by atoms with Crippen LogP contribution in [0.5, 0.6) is 0 Å². The lowest BCUT2D eigenvalue weighted by molar-refractivity contribution is -0.114. The van der Waals surface area contributed by atoms with E-state index in [-0.39, 0.29) is 22.9 Å². The summed E-state index contributed by atoms with van der Waals surface area (Å²) in [4.78, 5) is 49.7. The summed E-state index contributed by atoms with van der Waals surface area (Å²) in [7, 11) is 0. The van der Waals surface area contributed by atoms with Crippen LogP contribution in [0.4, 0.5) is 11.4 Å². The van der Waals surface area contributed by atoms with Crippen molar-refractivity contribution in [2.45, 2.75) is 4.90 Å². The predicted molar refractivity (Wildman–Crippen MR) is 148 cm³/mol. The van der Waals surface area contributed by atoms with Crippen molar-refractivity contribution in [3.63, 3.8) is 0 Å². The van der Waals surface area contributed by atoms with Crippen molar-refractivity contribution in [2.75, 3.05) is 16.4 Å². The van der Waals surface area contributed by atoms with Crippen molar-refractivity contribution >= 4 is 52.9 Å². The molecule has 3 amide bonds. The van der Waals surface area contributed by atoms with Gasteiger partial charge in [0.05, 0.1) is 17.6 Å². The van der Waals surface area contributed by atoms with Crippen molar-refractivity contribution in [3.8, 4) is 0 Å². The summed E-state index contributed by atoms with van der Waals surface area (Å²) in [6.45, 7) is 0. The maximum Gasteiger partial charge on any atom is 0.335 e. The van der Waals surface area contributed by atoms with Crippen LogP contribution in [0.2, 0.25) is 0 Å². The Bertz CT molecular complexity index is 1480. The zero-order valence-electron chi connectivity index (χ0n) is 20.4. The van der Waals surface area contributed by atoms with Gasteiger partial charge in [-0.1, -0.05) is 18.2 Å². The molecule has 0 unspecified atom stereocenters. The molecule has 196 valence electrons. The van der Waals surface area contributed by atoms with Crippen LogP contribution >= 0.6 is 11.8 Å². The zero-order valence-corrected chi connectivity index (χ0v) is 21.2. The van der Waals surface area contributed by atoms with E-state index < -0.39 is 17.8 Å². The first-order valence-electron chi connectivity index (χ1n) is 11.7. The number of rotatable bonds is 10. The highest BCUT2D eigenvalue weighted by Gasteiger charge is 2.16. The summed E-state index contributed by atoms with van der Waals surface area (Å²) >= 11 is 1.30. The summed E-state index contributed by atoms with van der Waals surface area (Å²) in [6.07, 6.45) is 2.90. The Hall–Kier alpha value is -5.09. The van der Waals surface area contributed by atoms with Gasteiger partial charge in [0.25, 0.3) is 11.8 Å². The summed E-state index contributed by atoms with van der Waals surface area (Å²) < 4.78 is 5.30. The first-order valence-corrected chi connectivity index (χ1v) is 12.6. The van der Waals surface area contributed by atoms with Crippen molar-refractivity contribution in [1.29, 1.82) is 0 Å². The number of thioether (sulfide) groups is 1. The third kappa shape index (κ3) is 7.94. The Morgan fingerprint density at radius 2 is 1.44 bits per heavy atom. The van der Waals surface area contributed by atoms with Gasteiger partial charge in [0.15, 0.2) is 0 Å². The second kappa shape index (κ2) is 12.9. The fraction of sp³-hybridized carbons (Fsp3) is 0.0345. The van der Waals surface area contributed by atoms with Gasteiger partial charge in [-0.2, -0.15) is 0 Å². The van der Waals surface area contributed by atoms with E-state index in [1.807, 2.05) is 0 Å². The van der Waals surface area contributed by atoms with Gasteiger partial charge in [-0.05, 0) is 72.8 Å². The van der Waals surface area contributed by atoms with Crippen LogP contribution in [0.25, 0.3) is 6.08 Å². The van der Waals surface area contributed by atoms with Gasteiger partial charge in [0.2, 0.25) is 5.91 Å². The number of aromatic carboxylic acids is 1. The minimum Gasteiger partial charge on any atom is -0.478 e. The van der Waals surface area contributed by atoms with Crippen LogP contribution in [0, 0.1) is 0 Å². The van der Waals surface area contributed by atoms with Gasteiger partial charge < -0.3 is 25.5 Å². The van der Waals surface area contributed by atoms with Crippen LogP contribution in [0.1, 0.15) is 26.5 Å². The maximum atomic E-state index is 13.0. The van der Waals surface area contributed by atoms with Crippen LogP contribution in [-0.4, -0.2) is 34.6 Å². The van der Waals surface area contributed by atoms with E-state index in [0.717, 1.165) is 4.90 Å². The number of nitrogens with one attached hydrogen (secondary N) is 3. The van der Waals surface area contributed by atoms with Gasteiger partial charge in [-0.15, -0.1) is 11.8 Å². The topological polar surface area (TPSA) is 138 Å². The van der Waals surface area contributed by atoms with Crippen molar-refractivity contribution < 1.29 is 28.7 Å². The van der Waals surface area contributed by atoms with Crippen LogP contribution in [0.15, 0.2) is 112 Å². The summed E-state index contributed by atoms with van der Waals surface area (Å²) in [6, 6.07) is 24.6. The molecule has 0 atom stereocenters. The fourth-order valence-electron chi connectivity index (χ4n) is 3.33. The Labute approximate surface area is 227 Å². The second-order valence-electron chi connectivity index (χ2n) is 8.09. The molecule has 9 nitrogen and oxygen atoms in total. The number of amides is 3. The largest absolute Gasteiger partial charge is 0.478 e. The molecular weight excluding hydrogens is 518 g/mol. The van der Waals surface area contributed by atoms with E-state index in [1.54, 1.807) is 66.7 Å². The number of hydrogen-bond acceptors (Lipinski definition) is 6. The molecule has 0 bridgehead atoms. The van der Waals surface area contributed by atoms with Gasteiger partial charge in [0, 0.05) is 27.9 Å². The molecule has 0 fully saturated rings. The standard InChI is InChI=1S/C29H23N3O6S/c33-26(30-21-10-8-20(9-11-21)29(36)37)18-39-24-14-12-22(13-15-24)31-28(35)25(17-23-7-4-16-38-23)32-27(34)19-5-2-1-3-6-19/h1-17H,18H2,(H,30,33)(H,31,35)(H,32,34)(H,36,37)/b25-17-. The molecule has 0 aliphatic rings. The molecule has 1 heterocycles. The van der Waals surface area contributed by atoms with E-state index >= 15 is 0 Å². The molecule has 39 heavy (non-hydrogen) atoms. The molecule has 3 aromatic carbocycles. The quantitative estimate of drug-likeness (QED) is 0.162. The molecule has 0 aliphatic heterocycles. The normalized spacial score (nSPS) is 10.9. The minimum absolute atomic E-state index is 0.00492. The Morgan fingerprint density at radius 1 is 0.769 bits per heavy atom. The molecule has 0 saturated carbocycles. The maximum absolute atomic E-state index is 13.0. The lowest BCUT2D eigenvalue weighted by atomic mass is 10.2. The molecule has 4 aromatic rings. The number of furan rings is 1. The fourth-order valence-corrected chi connectivity index (χ4v) is 4.03. The molecule has 0 aliphatic carbocycles. The first-order chi connectivity index (χ1) is 18.9. The molecule has 0 radical (unpaired) electrons. The molecular formula is C29H23N3O6S. The van der Waals surface area contributed by atoms with Crippen LogP contribution in [-0.2, 0) is 9.59 Å². The minimum atomic E-state index is -1.04. The Kier molecular flexibility index (Phi) is 8.94. The SMILES string of the molecule is O=C(CSc1ccc(NC(=O)/C(=C/c2ccco2)NC(=O)c2ccccc2)cc1)Nc1ccc(C(=O)O)cc1. The van der Waals surface area contributed by atoms with E-state index in [4.69, 9.17) is 9.52 Å². The van der Waals surface area contributed by atoms with Crippen LogP contribution in [0.3, 0.4) is 0 Å². The lowest BCUT2D eigenvalue weighted by Crippen LogP contribution is -2.30. The van der Waals surface area contributed by atoms with E-state index in [1.165, 1.54) is 48.4 Å². The number of anilines is 2. The molecule has 4 rings (SSSR count). The molecule has 4 N–H and O–H groups in total. The van der Waals surface area contributed by atoms with E-state index in [9.17, 15) is 19.2 Å². The Morgan fingerprint density at radius 3 is 2.08 bits per heavy atom. The number of carboxylic acid groups (broad SMARTS) is 1. The third-order valence-electron chi connectivity index (χ3n) is 5.26. The number of carbonyl (C=O) groups is 4. The average Bonchev–Trinajstić information content (AvgIpc) is 3.46. The van der Waals surface area contributed by atoms with Crippen LogP contribution < -0.4 is 16.0 Å². The summed E-state index contributed by atoms with van der Waals surface area (Å²) in [5.74, 6) is -1.73. The first kappa shape index (κ1) is 27.0. The van der Waals surface area contributed by atoms with Gasteiger partial charge in [-0.3, -0.25) is 14.4 Å². The third-order valence-corrected chi connectivity index (χ3v) is 6.27. The molecule has 1 aromatic heterocycles.